The van der Waals surface area contributed by atoms with E-state index in [-0.39, 0.29) is 5.54 Å². The molecular weight excluding hydrogens is 214 g/mol. The van der Waals surface area contributed by atoms with E-state index in [1.54, 1.807) is 0 Å². The maximum absolute atomic E-state index is 4.33. The van der Waals surface area contributed by atoms with E-state index in [4.69, 9.17) is 0 Å². The zero-order chi connectivity index (χ0) is 12.6. The number of H-pyrrole nitrogens is 1. The Kier molecular flexibility index (Phi) is 2.95. The van der Waals surface area contributed by atoms with Crippen molar-refractivity contribution >= 4 is 5.70 Å². The zero-order valence-corrected chi connectivity index (χ0v) is 11.1. The minimum atomic E-state index is 0.159. The van der Waals surface area contributed by atoms with Crippen LogP contribution in [-0.2, 0) is 0 Å². The van der Waals surface area contributed by atoms with Crippen molar-refractivity contribution in [1.29, 1.82) is 0 Å². The molecule has 0 radical (unpaired) electrons. The van der Waals surface area contributed by atoms with Crippen LogP contribution >= 0.6 is 0 Å². The van der Waals surface area contributed by atoms with Crippen LogP contribution in [0.3, 0.4) is 0 Å². The highest BCUT2D eigenvalue weighted by Gasteiger charge is 2.32. The average molecular weight is 235 g/mol. The molecule has 94 valence electrons. The van der Waals surface area contributed by atoms with Gasteiger partial charge in [-0.3, -0.25) is 10.00 Å². The number of aryl methyl sites for hydroxylation is 1. The molecule has 0 unspecified atom stereocenters. The van der Waals surface area contributed by atoms with Gasteiger partial charge < -0.3 is 4.90 Å². The lowest BCUT2D eigenvalue weighted by Crippen LogP contribution is -2.56. The van der Waals surface area contributed by atoms with E-state index in [2.05, 4.69) is 52.5 Å². The number of rotatable bonds is 2. The van der Waals surface area contributed by atoms with Crippen molar-refractivity contribution in [3.63, 3.8) is 0 Å². The lowest BCUT2D eigenvalue weighted by Gasteiger charge is -2.46. The second-order valence-corrected chi connectivity index (χ2v) is 5.35. The maximum Gasteiger partial charge on any atom is 0.196 e. The Morgan fingerprint density at radius 3 is 2.65 bits per heavy atom. The summed E-state index contributed by atoms with van der Waals surface area (Å²) in [5.41, 5.74) is 1.07. The summed E-state index contributed by atoms with van der Waals surface area (Å²) >= 11 is 0. The fourth-order valence-corrected chi connectivity index (χ4v) is 2.08. The maximum atomic E-state index is 4.33. The largest absolute Gasteiger partial charge is 0.366 e. The monoisotopic (exact) mass is 235 g/mol. The third kappa shape index (κ3) is 2.34. The number of likely N-dealkylation sites (N-methyl/N-ethyl adjacent to an activating group) is 1. The van der Waals surface area contributed by atoms with Gasteiger partial charge in [0.2, 0.25) is 0 Å². The Hall–Kier alpha value is -1.36. The standard InChI is InChI=1S/C12H21N5/c1-9(11-13-10(2)14-15-11)17-7-6-16(5)12(3,4)8-17/h1,6-8H2,2-5H3,(H,13,14,15). The topological polar surface area (TPSA) is 48.1 Å². The van der Waals surface area contributed by atoms with Crippen molar-refractivity contribution in [3.8, 4) is 0 Å². The molecule has 0 spiro atoms. The van der Waals surface area contributed by atoms with Crippen molar-refractivity contribution in [3.05, 3.63) is 18.2 Å². The van der Waals surface area contributed by atoms with Crippen molar-refractivity contribution in [2.24, 2.45) is 0 Å². The molecule has 1 fully saturated rings. The highest BCUT2D eigenvalue weighted by Crippen LogP contribution is 2.24. The van der Waals surface area contributed by atoms with Crippen molar-refractivity contribution in [1.82, 2.24) is 25.0 Å². The van der Waals surface area contributed by atoms with Gasteiger partial charge in [-0.1, -0.05) is 6.58 Å². The second kappa shape index (κ2) is 4.14. The summed E-state index contributed by atoms with van der Waals surface area (Å²) in [6.07, 6.45) is 0. The molecule has 0 aromatic carbocycles. The smallest absolute Gasteiger partial charge is 0.196 e. The highest BCUT2D eigenvalue weighted by atomic mass is 15.3. The summed E-state index contributed by atoms with van der Waals surface area (Å²) in [7, 11) is 2.16. The van der Waals surface area contributed by atoms with E-state index in [0.717, 1.165) is 31.2 Å². The van der Waals surface area contributed by atoms with Crippen molar-refractivity contribution < 1.29 is 0 Å². The summed E-state index contributed by atoms with van der Waals surface area (Å²) in [6, 6.07) is 0. The van der Waals surface area contributed by atoms with Gasteiger partial charge in [0.15, 0.2) is 5.82 Å². The van der Waals surface area contributed by atoms with Gasteiger partial charge in [-0.05, 0) is 27.8 Å². The van der Waals surface area contributed by atoms with Crippen molar-refractivity contribution in [2.45, 2.75) is 26.3 Å². The van der Waals surface area contributed by atoms with Crippen LogP contribution < -0.4 is 0 Å². The molecule has 1 aromatic rings. The van der Waals surface area contributed by atoms with Gasteiger partial charge in [0.25, 0.3) is 0 Å². The first-order valence-electron chi connectivity index (χ1n) is 5.94. The molecule has 2 heterocycles. The van der Waals surface area contributed by atoms with Gasteiger partial charge in [-0.15, -0.1) is 0 Å². The molecular formula is C12H21N5. The lowest BCUT2D eigenvalue weighted by atomic mass is 9.99. The molecule has 0 atom stereocenters. The van der Waals surface area contributed by atoms with Gasteiger partial charge >= 0.3 is 0 Å². The Labute approximate surface area is 103 Å². The first-order valence-corrected chi connectivity index (χ1v) is 5.94. The fraction of sp³-hybridized carbons (Fsp3) is 0.667. The fourth-order valence-electron chi connectivity index (χ4n) is 2.08. The summed E-state index contributed by atoms with van der Waals surface area (Å²) in [4.78, 5) is 8.97. The third-order valence-corrected chi connectivity index (χ3v) is 3.55. The quantitative estimate of drug-likeness (QED) is 0.834. The first-order chi connectivity index (χ1) is 7.90. The number of hydrogen-bond acceptors (Lipinski definition) is 4. The van der Waals surface area contributed by atoms with E-state index >= 15 is 0 Å². The number of nitrogens with one attached hydrogen (secondary N) is 1. The van der Waals surface area contributed by atoms with Crippen LogP contribution in [0.1, 0.15) is 25.5 Å². The minimum absolute atomic E-state index is 0.159. The number of hydrogen-bond donors (Lipinski definition) is 1. The molecule has 0 saturated carbocycles. The molecule has 1 aliphatic rings. The Morgan fingerprint density at radius 2 is 2.12 bits per heavy atom. The second-order valence-electron chi connectivity index (χ2n) is 5.35. The van der Waals surface area contributed by atoms with Crippen LogP contribution in [0.4, 0.5) is 0 Å². The SMILES string of the molecule is C=C(c1n[nH]c(C)n1)N1CCN(C)C(C)(C)C1. The Morgan fingerprint density at radius 1 is 1.41 bits per heavy atom. The number of aromatic nitrogens is 3. The van der Waals surface area contributed by atoms with E-state index in [0.29, 0.717) is 5.82 Å². The summed E-state index contributed by atoms with van der Waals surface area (Å²) in [5, 5.41) is 7.03. The number of aromatic amines is 1. The molecule has 0 bridgehead atoms. The predicted octanol–water partition coefficient (Wildman–Crippen LogP) is 1.11. The average Bonchev–Trinajstić information content (AvgIpc) is 2.68. The molecule has 0 amide bonds. The normalized spacial score (nSPS) is 20.6. The number of piperazine rings is 1. The molecule has 1 saturated heterocycles. The highest BCUT2D eigenvalue weighted by molar-refractivity contribution is 5.55. The molecule has 17 heavy (non-hydrogen) atoms. The molecule has 1 aromatic heterocycles. The number of nitrogens with zero attached hydrogens (tertiary/aromatic N) is 4. The summed E-state index contributed by atoms with van der Waals surface area (Å²) in [5.74, 6) is 1.54. The van der Waals surface area contributed by atoms with Crippen LogP contribution in [-0.4, -0.2) is 57.2 Å². The van der Waals surface area contributed by atoms with Gasteiger partial charge in [-0.2, -0.15) is 5.10 Å². The molecule has 1 aliphatic heterocycles. The Balaban J connectivity index is 2.11. The first kappa shape index (κ1) is 12.1. The van der Waals surface area contributed by atoms with Crippen LogP contribution in [0.25, 0.3) is 5.70 Å². The minimum Gasteiger partial charge on any atom is -0.366 e. The molecule has 1 N–H and O–H groups in total. The summed E-state index contributed by atoms with van der Waals surface area (Å²) in [6.45, 7) is 13.5. The third-order valence-electron chi connectivity index (χ3n) is 3.55. The van der Waals surface area contributed by atoms with E-state index in [1.807, 2.05) is 6.92 Å². The molecule has 5 nitrogen and oxygen atoms in total. The van der Waals surface area contributed by atoms with Crippen LogP contribution in [0.15, 0.2) is 6.58 Å². The lowest BCUT2D eigenvalue weighted by molar-refractivity contribution is 0.0696. The molecule has 2 rings (SSSR count). The van der Waals surface area contributed by atoms with Gasteiger partial charge in [-0.25, -0.2) is 4.98 Å². The van der Waals surface area contributed by atoms with Crippen LogP contribution in [0.5, 0.6) is 0 Å². The zero-order valence-electron chi connectivity index (χ0n) is 11.1. The van der Waals surface area contributed by atoms with E-state index in [1.165, 1.54) is 0 Å². The van der Waals surface area contributed by atoms with Gasteiger partial charge in [0.05, 0.1) is 5.70 Å². The Bertz CT molecular complexity index is 420. The van der Waals surface area contributed by atoms with Crippen molar-refractivity contribution in [2.75, 3.05) is 26.7 Å². The van der Waals surface area contributed by atoms with Crippen LogP contribution in [0.2, 0.25) is 0 Å². The van der Waals surface area contributed by atoms with Gasteiger partial charge in [0, 0.05) is 25.2 Å². The predicted molar refractivity (Wildman–Crippen MR) is 68.4 cm³/mol. The molecule has 0 aliphatic carbocycles. The molecule has 5 heteroatoms. The van der Waals surface area contributed by atoms with E-state index in [9.17, 15) is 0 Å². The summed E-state index contributed by atoms with van der Waals surface area (Å²) < 4.78 is 0. The van der Waals surface area contributed by atoms with Crippen LogP contribution in [0, 0.1) is 6.92 Å². The van der Waals surface area contributed by atoms with E-state index < -0.39 is 0 Å². The van der Waals surface area contributed by atoms with Gasteiger partial charge in [0.1, 0.15) is 5.82 Å².